The molecule has 2 heterocycles. The lowest BCUT2D eigenvalue weighted by Gasteiger charge is -2.34. The Balaban J connectivity index is 1.30. The minimum absolute atomic E-state index is 0.0431. The molecule has 0 spiro atoms. The highest BCUT2D eigenvalue weighted by Crippen LogP contribution is 2.17. The summed E-state index contributed by atoms with van der Waals surface area (Å²) in [6.45, 7) is 4.72. The van der Waals surface area contributed by atoms with Crippen molar-refractivity contribution in [3.05, 3.63) is 22.4 Å². The smallest absolute Gasteiger partial charge is 0.315 e. The first-order valence-corrected chi connectivity index (χ1v) is 10.2. The molecule has 2 fully saturated rings. The van der Waals surface area contributed by atoms with Crippen molar-refractivity contribution >= 4 is 23.3 Å². The molecule has 2 aliphatic rings. The van der Waals surface area contributed by atoms with E-state index in [9.17, 15) is 9.59 Å². The van der Waals surface area contributed by atoms with Gasteiger partial charge in [0.25, 0.3) is 5.91 Å². The topological polar surface area (TPSA) is 64.7 Å². The monoisotopic (exact) mass is 364 g/mol. The van der Waals surface area contributed by atoms with Gasteiger partial charge < -0.3 is 15.5 Å². The highest BCUT2D eigenvalue weighted by atomic mass is 32.1. The number of hydrogen-bond acceptors (Lipinski definition) is 4. The lowest BCUT2D eigenvalue weighted by atomic mass is 9.96. The van der Waals surface area contributed by atoms with Crippen molar-refractivity contribution in [2.45, 2.75) is 38.1 Å². The van der Waals surface area contributed by atoms with Crippen LogP contribution in [0, 0.1) is 0 Å². The molecule has 1 saturated carbocycles. The molecule has 1 aliphatic carbocycles. The fourth-order valence-electron chi connectivity index (χ4n) is 3.54. The quantitative estimate of drug-likeness (QED) is 0.841. The third kappa shape index (κ3) is 5.44. The van der Waals surface area contributed by atoms with Gasteiger partial charge in [-0.15, -0.1) is 11.3 Å². The van der Waals surface area contributed by atoms with Crippen LogP contribution in [0.3, 0.4) is 0 Å². The predicted molar refractivity (Wildman–Crippen MR) is 100 cm³/mol. The number of carbonyl (C=O) groups excluding carboxylic acids is 2. The Labute approximate surface area is 153 Å². The van der Waals surface area contributed by atoms with Gasteiger partial charge in [-0.3, -0.25) is 9.69 Å². The number of thiophene rings is 1. The van der Waals surface area contributed by atoms with E-state index in [2.05, 4.69) is 15.5 Å². The fourth-order valence-corrected chi connectivity index (χ4v) is 4.23. The number of nitrogens with one attached hydrogen (secondary N) is 2. The van der Waals surface area contributed by atoms with Crippen LogP contribution >= 0.6 is 11.3 Å². The normalized spacial score (nSPS) is 19.6. The number of amides is 3. The molecular formula is C18H28N4O2S. The lowest BCUT2D eigenvalue weighted by Crippen LogP contribution is -2.51. The number of piperazine rings is 1. The van der Waals surface area contributed by atoms with Gasteiger partial charge in [0.05, 0.1) is 4.88 Å². The second-order valence-electron chi connectivity index (χ2n) is 6.85. The zero-order valence-corrected chi connectivity index (χ0v) is 15.5. The van der Waals surface area contributed by atoms with Gasteiger partial charge in [-0.2, -0.15) is 0 Å². The summed E-state index contributed by atoms with van der Waals surface area (Å²) >= 11 is 1.50. The molecule has 3 rings (SSSR count). The maximum atomic E-state index is 12.3. The van der Waals surface area contributed by atoms with Crippen molar-refractivity contribution in [3.63, 3.8) is 0 Å². The van der Waals surface area contributed by atoms with E-state index < -0.39 is 0 Å². The van der Waals surface area contributed by atoms with Crippen molar-refractivity contribution in [2.75, 3.05) is 39.3 Å². The first kappa shape index (κ1) is 18.2. The van der Waals surface area contributed by atoms with Gasteiger partial charge in [-0.05, 0) is 24.3 Å². The van der Waals surface area contributed by atoms with Crippen molar-refractivity contribution in [2.24, 2.45) is 0 Å². The number of hydrogen-bond donors (Lipinski definition) is 2. The van der Waals surface area contributed by atoms with Gasteiger partial charge in [0.2, 0.25) is 0 Å². The molecule has 0 radical (unpaired) electrons. The highest BCUT2D eigenvalue weighted by molar-refractivity contribution is 7.12. The summed E-state index contributed by atoms with van der Waals surface area (Å²) < 4.78 is 0. The van der Waals surface area contributed by atoms with Gasteiger partial charge in [0, 0.05) is 45.3 Å². The van der Waals surface area contributed by atoms with E-state index in [1.165, 1.54) is 30.6 Å². The molecule has 25 heavy (non-hydrogen) atoms. The Morgan fingerprint density at radius 1 is 1.12 bits per heavy atom. The van der Waals surface area contributed by atoms with E-state index in [4.69, 9.17) is 0 Å². The van der Waals surface area contributed by atoms with Crippen LogP contribution in [0.2, 0.25) is 0 Å². The molecule has 7 heteroatoms. The minimum atomic E-state index is -0.0431. The molecule has 0 aromatic carbocycles. The first-order valence-electron chi connectivity index (χ1n) is 9.32. The Kier molecular flexibility index (Phi) is 6.69. The van der Waals surface area contributed by atoms with Crippen molar-refractivity contribution in [1.29, 1.82) is 0 Å². The van der Waals surface area contributed by atoms with Crippen molar-refractivity contribution in [1.82, 2.24) is 20.4 Å². The van der Waals surface area contributed by atoms with Crippen LogP contribution < -0.4 is 10.6 Å². The molecule has 6 nitrogen and oxygen atoms in total. The summed E-state index contributed by atoms with van der Waals surface area (Å²) in [6, 6.07) is 4.10. The predicted octanol–water partition coefficient (Wildman–Crippen LogP) is 2.14. The van der Waals surface area contributed by atoms with Crippen molar-refractivity contribution in [3.8, 4) is 0 Å². The lowest BCUT2D eigenvalue weighted by molar-refractivity contribution is 0.0644. The van der Waals surface area contributed by atoms with E-state index in [1.807, 2.05) is 22.4 Å². The number of carbonyl (C=O) groups is 2. The highest BCUT2D eigenvalue weighted by Gasteiger charge is 2.22. The van der Waals surface area contributed by atoms with E-state index in [1.54, 1.807) is 0 Å². The van der Waals surface area contributed by atoms with Crippen LogP contribution in [0.25, 0.3) is 0 Å². The largest absolute Gasteiger partial charge is 0.337 e. The second-order valence-corrected chi connectivity index (χ2v) is 7.79. The van der Waals surface area contributed by atoms with Gasteiger partial charge in [-0.1, -0.05) is 25.3 Å². The molecule has 0 unspecified atom stereocenters. The third-order valence-corrected chi connectivity index (χ3v) is 5.90. The molecular weight excluding hydrogens is 336 g/mol. The molecule has 2 N–H and O–H groups in total. The van der Waals surface area contributed by atoms with E-state index in [0.717, 1.165) is 50.4 Å². The van der Waals surface area contributed by atoms with Crippen LogP contribution in [-0.4, -0.2) is 67.0 Å². The van der Waals surface area contributed by atoms with Gasteiger partial charge in [0.15, 0.2) is 0 Å². The number of nitrogens with zero attached hydrogens (tertiary/aromatic N) is 2. The second kappa shape index (κ2) is 9.20. The summed E-state index contributed by atoms with van der Waals surface area (Å²) in [5.74, 6) is 0.139. The molecule has 138 valence electrons. The van der Waals surface area contributed by atoms with Crippen LogP contribution in [0.15, 0.2) is 17.5 Å². The van der Waals surface area contributed by atoms with Crippen LogP contribution in [0.1, 0.15) is 41.8 Å². The summed E-state index contributed by atoms with van der Waals surface area (Å²) in [5, 5.41) is 7.97. The average molecular weight is 365 g/mol. The molecule has 3 amide bonds. The first-order chi connectivity index (χ1) is 12.2. The summed E-state index contributed by atoms with van der Waals surface area (Å²) in [7, 11) is 0. The summed E-state index contributed by atoms with van der Waals surface area (Å²) in [6.07, 6.45) is 5.95. The molecule has 1 saturated heterocycles. The minimum Gasteiger partial charge on any atom is -0.337 e. The van der Waals surface area contributed by atoms with Crippen LogP contribution in [-0.2, 0) is 0 Å². The Hall–Kier alpha value is -1.60. The Morgan fingerprint density at radius 2 is 1.88 bits per heavy atom. The molecule has 0 bridgehead atoms. The number of urea groups is 1. The Morgan fingerprint density at radius 3 is 2.56 bits per heavy atom. The zero-order valence-electron chi connectivity index (χ0n) is 14.7. The third-order valence-electron chi connectivity index (χ3n) is 5.05. The maximum absolute atomic E-state index is 12.3. The van der Waals surface area contributed by atoms with Gasteiger partial charge in [-0.25, -0.2) is 4.79 Å². The van der Waals surface area contributed by atoms with E-state index >= 15 is 0 Å². The molecule has 0 atom stereocenters. The molecule has 1 aromatic heterocycles. The van der Waals surface area contributed by atoms with Gasteiger partial charge in [0.1, 0.15) is 0 Å². The number of rotatable bonds is 5. The van der Waals surface area contributed by atoms with E-state index in [-0.39, 0.29) is 11.9 Å². The Bertz CT molecular complexity index is 549. The standard InChI is InChI=1S/C18H28N4O2S/c23-17(16-7-4-14-25-16)22-12-10-21(11-13-22)9-8-19-18(24)20-15-5-2-1-3-6-15/h4,7,14-15H,1-3,5-6,8-13H2,(H2,19,20,24). The average Bonchev–Trinajstić information content (AvgIpc) is 3.17. The molecule has 1 aromatic rings. The van der Waals surface area contributed by atoms with E-state index in [0.29, 0.717) is 12.6 Å². The van der Waals surface area contributed by atoms with Crippen LogP contribution in [0.5, 0.6) is 0 Å². The zero-order chi connectivity index (χ0) is 17.5. The summed E-state index contributed by atoms with van der Waals surface area (Å²) in [5.41, 5.74) is 0. The maximum Gasteiger partial charge on any atom is 0.315 e. The van der Waals surface area contributed by atoms with Gasteiger partial charge >= 0.3 is 6.03 Å². The SMILES string of the molecule is O=C(NCCN1CCN(C(=O)c2cccs2)CC1)NC1CCCCC1. The fraction of sp³-hybridized carbons (Fsp3) is 0.667. The van der Waals surface area contributed by atoms with Crippen molar-refractivity contribution < 1.29 is 9.59 Å². The molecule has 1 aliphatic heterocycles. The summed E-state index contributed by atoms with van der Waals surface area (Å²) in [4.78, 5) is 29.3. The van der Waals surface area contributed by atoms with Crippen LogP contribution in [0.4, 0.5) is 4.79 Å².